The Morgan fingerprint density at radius 3 is 2.85 bits per heavy atom. The first-order chi connectivity index (χ1) is 9.67. The summed E-state index contributed by atoms with van der Waals surface area (Å²) in [7, 11) is 3.80. The quantitative estimate of drug-likeness (QED) is 0.879. The zero-order chi connectivity index (χ0) is 14.5. The second-order valence-electron chi connectivity index (χ2n) is 4.53. The van der Waals surface area contributed by atoms with Gasteiger partial charge in [0, 0.05) is 7.05 Å². The molecule has 0 aliphatic carbocycles. The van der Waals surface area contributed by atoms with Crippen LogP contribution in [-0.2, 0) is 7.05 Å². The monoisotopic (exact) mass is 338 g/mol. The Balaban J connectivity index is 2.32. The fourth-order valence-corrected chi connectivity index (χ4v) is 2.67. The minimum absolute atomic E-state index is 0.00884. The lowest BCUT2D eigenvalue weighted by molar-refractivity contribution is 0.317. The topological polar surface area (TPSA) is 52.0 Å². The van der Waals surface area contributed by atoms with Gasteiger partial charge in [-0.25, -0.2) is 4.68 Å². The molecule has 0 bridgehead atoms. The summed E-state index contributed by atoms with van der Waals surface area (Å²) in [4.78, 5) is 0. The molecule has 0 aliphatic heterocycles. The number of halogens is 1. The van der Waals surface area contributed by atoms with Gasteiger partial charge in [0.2, 0.25) is 0 Å². The SMILES string of the molecule is CCCOc1cccc(C(NC)c2c(Br)nnn2C)c1. The molecule has 0 amide bonds. The zero-order valence-electron chi connectivity index (χ0n) is 11.9. The van der Waals surface area contributed by atoms with Gasteiger partial charge < -0.3 is 10.1 Å². The van der Waals surface area contributed by atoms with Crippen LogP contribution in [0.4, 0.5) is 0 Å². The van der Waals surface area contributed by atoms with Crippen LogP contribution >= 0.6 is 15.9 Å². The zero-order valence-corrected chi connectivity index (χ0v) is 13.5. The van der Waals surface area contributed by atoms with E-state index in [4.69, 9.17) is 4.74 Å². The van der Waals surface area contributed by atoms with Gasteiger partial charge in [-0.1, -0.05) is 24.3 Å². The van der Waals surface area contributed by atoms with E-state index in [-0.39, 0.29) is 6.04 Å². The van der Waals surface area contributed by atoms with Crippen LogP contribution in [0, 0.1) is 0 Å². The molecule has 1 aromatic heterocycles. The van der Waals surface area contributed by atoms with Crippen LogP contribution in [0.2, 0.25) is 0 Å². The highest BCUT2D eigenvalue weighted by Crippen LogP contribution is 2.28. The molecule has 20 heavy (non-hydrogen) atoms. The maximum absolute atomic E-state index is 5.69. The van der Waals surface area contributed by atoms with Gasteiger partial charge in [-0.15, -0.1) is 5.10 Å². The number of hydrogen-bond donors (Lipinski definition) is 1. The third kappa shape index (κ3) is 3.19. The largest absolute Gasteiger partial charge is 0.494 e. The molecule has 108 valence electrons. The van der Waals surface area contributed by atoms with Crippen molar-refractivity contribution in [3.63, 3.8) is 0 Å². The number of benzene rings is 1. The van der Waals surface area contributed by atoms with Crippen LogP contribution < -0.4 is 10.1 Å². The molecule has 1 atom stereocenters. The number of hydrogen-bond acceptors (Lipinski definition) is 4. The van der Waals surface area contributed by atoms with Gasteiger partial charge in [0.15, 0.2) is 4.60 Å². The number of ether oxygens (including phenoxy) is 1. The molecule has 0 saturated heterocycles. The number of aromatic nitrogens is 3. The summed E-state index contributed by atoms with van der Waals surface area (Å²) in [5.74, 6) is 0.885. The molecule has 0 spiro atoms. The third-order valence-corrected chi connectivity index (χ3v) is 3.62. The van der Waals surface area contributed by atoms with E-state index in [9.17, 15) is 0 Å². The van der Waals surface area contributed by atoms with Gasteiger partial charge in [-0.3, -0.25) is 0 Å². The summed E-state index contributed by atoms with van der Waals surface area (Å²) < 4.78 is 8.21. The van der Waals surface area contributed by atoms with Gasteiger partial charge in [0.25, 0.3) is 0 Å². The first kappa shape index (κ1) is 15.0. The Labute approximate surface area is 127 Å². The van der Waals surface area contributed by atoms with Crippen molar-refractivity contribution in [3.05, 3.63) is 40.1 Å². The number of nitrogens with one attached hydrogen (secondary N) is 1. The number of aryl methyl sites for hydroxylation is 1. The van der Waals surface area contributed by atoms with Crippen molar-refractivity contribution >= 4 is 15.9 Å². The second-order valence-corrected chi connectivity index (χ2v) is 5.28. The molecule has 0 aliphatic rings. The Bertz CT molecular complexity index is 551. The molecule has 2 rings (SSSR count). The molecule has 1 heterocycles. The van der Waals surface area contributed by atoms with Crippen LogP contribution in [0.1, 0.15) is 30.6 Å². The minimum atomic E-state index is 0.00884. The molecular weight excluding hydrogens is 320 g/mol. The molecule has 6 heteroatoms. The summed E-state index contributed by atoms with van der Waals surface area (Å²) in [6.45, 7) is 2.82. The van der Waals surface area contributed by atoms with E-state index in [0.29, 0.717) is 0 Å². The maximum Gasteiger partial charge on any atom is 0.153 e. The maximum atomic E-state index is 5.69. The summed E-state index contributed by atoms with van der Waals surface area (Å²) in [5, 5.41) is 11.4. The standard InChI is InChI=1S/C14H19BrN4O/c1-4-8-20-11-7-5-6-10(9-11)12(16-2)13-14(15)17-18-19(13)3/h5-7,9,12,16H,4,8H2,1-3H3. The van der Waals surface area contributed by atoms with E-state index in [0.717, 1.165) is 34.6 Å². The van der Waals surface area contributed by atoms with Crippen LogP contribution in [0.5, 0.6) is 5.75 Å². The lowest BCUT2D eigenvalue weighted by Gasteiger charge is -2.18. The van der Waals surface area contributed by atoms with Crippen LogP contribution in [0.3, 0.4) is 0 Å². The highest BCUT2D eigenvalue weighted by Gasteiger charge is 2.20. The first-order valence-electron chi connectivity index (χ1n) is 6.62. The first-order valence-corrected chi connectivity index (χ1v) is 7.41. The van der Waals surface area contributed by atoms with Crippen molar-refractivity contribution in [2.24, 2.45) is 7.05 Å². The number of rotatable bonds is 6. The summed E-state index contributed by atoms with van der Waals surface area (Å²) >= 11 is 3.45. The summed E-state index contributed by atoms with van der Waals surface area (Å²) in [6.07, 6.45) is 0.997. The van der Waals surface area contributed by atoms with E-state index in [1.807, 2.05) is 26.2 Å². The van der Waals surface area contributed by atoms with Gasteiger partial charge >= 0.3 is 0 Å². The second kappa shape index (κ2) is 6.85. The van der Waals surface area contributed by atoms with Crippen LogP contribution in [0.15, 0.2) is 28.9 Å². The Morgan fingerprint density at radius 1 is 1.45 bits per heavy atom. The normalized spacial score (nSPS) is 12.4. The molecule has 1 N–H and O–H groups in total. The lowest BCUT2D eigenvalue weighted by atomic mass is 10.0. The van der Waals surface area contributed by atoms with E-state index >= 15 is 0 Å². The Hall–Kier alpha value is -1.40. The van der Waals surface area contributed by atoms with E-state index in [2.05, 4.69) is 50.6 Å². The minimum Gasteiger partial charge on any atom is -0.494 e. The van der Waals surface area contributed by atoms with Crippen molar-refractivity contribution in [3.8, 4) is 5.75 Å². The average Bonchev–Trinajstić information content (AvgIpc) is 2.79. The predicted octanol–water partition coefficient (Wildman–Crippen LogP) is 2.68. The van der Waals surface area contributed by atoms with Crippen LogP contribution in [0.25, 0.3) is 0 Å². The fourth-order valence-electron chi connectivity index (χ4n) is 2.11. The van der Waals surface area contributed by atoms with Gasteiger partial charge in [0.1, 0.15) is 5.75 Å². The van der Waals surface area contributed by atoms with E-state index in [1.54, 1.807) is 4.68 Å². The highest BCUT2D eigenvalue weighted by atomic mass is 79.9. The summed E-state index contributed by atoms with van der Waals surface area (Å²) in [6, 6.07) is 8.11. The summed E-state index contributed by atoms with van der Waals surface area (Å²) in [5.41, 5.74) is 2.10. The Kier molecular flexibility index (Phi) is 5.14. The molecule has 0 fully saturated rings. The molecule has 0 radical (unpaired) electrons. The van der Waals surface area contributed by atoms with Crippen molar-refractivity contribution in [1.82, 2.24) is 20.3 Å². The smallest absolute Gasteiger partial charge is 0.153 e. The lowest BCUT2D eigenvalue weighted by Crippen LogP contribution is -2.21. The van der Waals surface area contributed by atoms with E-state index < -0.39 is 0 Å². The van der Waals surface area contributed by atoms with Gasteiger partial charge in [0.05, 0.1) is 18.3 Å². The predicted molar refractivity (Wildman–Crippen MR) is 81.8 cm³/mol. The molecule has 2 aromatic rings. The van der Waals surface area contributed by atoms with Crippen molar-refractivity contribution < 1.29 is 4.74 Å². The van der Waals surface area contributed by atoms with Gasteiger partial charge in [-0.05, 0) is 47.1 Å². The van der Waals surface area contributed by atoms with Crippen molar-refractivity contribution in [2.75, 3.05) is 13.7 Å². The Morgan fingerprint density at radius 2 is 2.25 bits per heavy atom. The average molecular weight is 339 g/mol. The van der Waals surface area contributed by atoms with Crippen molar-refractivity contribution in [2.45, 2.75) is 19.4 Å². The fraction of sp³-hybridized carbons (Fsp3) is 0.429. The third-order valence-electron chi connectivity index (χ3n) is 3.05. The molecular formula is C14H19BrN4O. The number of nitrogens with zero attached hydrogens (tertiary/aromatic N) is 3. The molecule has 1 aromatic carbocycles. The van der Waals surface area contributed by atoms with E-state index in [1.165, 1.54) is 0 Å². The van der Waals surface area contributed by atoms with Gasteiger partial charge in [-0.2, -0.15) is 0 Å². The van der Waals surface area contributed by atoms with Crippen LogP contribution in [-0.4, -0.2) is 28.6 Å². The highest BCUT2D eigenvalue weighted by molar-refractivity contribution is 9.10. The van der Waals surface area contributed by atoms with Crippen molar-refractivity contribution in [1.29, 1.82) is 0 Å². The molecule has 5 nitrogen and oxygen atoms in total. The molecule has 1 unspecified atom stereocenters. The molecule has 0 saturated carbocycles.